The van der Waals surface area contributed by atoms with Gasteiger partial charge in [-0.05, 0) is 0 Å². The Bertz CT molecular complexity index is 684. The molecule has 1 saturated heterocycles. The summed E-state index contributed by atoms with van der Waals surface area (Å²) in [4.78, 5) is 24.9. The number of nitrogens with zero attached hydrogens (tertiary/aromatic N) is 1. The molecule has 8 nitrogen and oxygen atoms in total. The molecule has 0 spiro atoms. The summed E-state index contributed by atoms with van der Waals surface area (Å²) in [6.45, 7) is 1.20. The molecule has 2 rings (SSSR count). The maximum absolute atomic E-state index is 11.8. The van der Waals surface area contributed by atoms with Crippen molar-refractivity contribution in [3.05, 3.63) is 33.1 Å². The van der Waals surface area contributed by atoms with Gasteiger partial charge >= 0.3 is 5.69 Å². The summed E-state index contributed by atoms with van der Waals surface area (Å²) in [5, 5.41) is 29.9. The van der Waals surface area contributed by atoms with Crippen molar-refractivity contribution >= 4 is 0 Å². The van der Waals surface area contributed by atoms with Gasteiger partial charge in [0.2, 0.25) is 0 Å². The fourth-order valence-electron chi connectivity index (χ4n) is 2.17. The van der Waals surface area contributed by atoms with Gasteiger partial charge in [-0.2, -0.15) is 0 Å². The Hall–Kier alpha value is -1.92. The Morgan fingerprint density at radius 2 is 2.24 bits per heavy atom. The number of nitrogens with one attached hydrogen (secondary N) is 1. The van der Waals surface area contributed by atoms with Crippen molar-refractivity contribution in [3.63, 3.8) is 0 Å². The molecule has 21 heavy (non-hydrogen) atoms. The molecule has 0 saturated carbocycles. The highest BCUT2D eigenvalue weighted by atomic mass is 16.6. The van der Waals surface area contributed by atoms with Crippen molar-refractivity contribution in [3.8, 4) is 11.8 Å². The van der Waals surface area contributed by atoms with Gasteiger partial charge in [-0.3, -0.25) is 14.3 Å². The molecule has 0 radical (unpaired) electrons. The second kappa shape index (κ2) is 5.83. The van der Waals surface area contributed by atoms with E-state index in [0.29, 0.717) is 6.42 Å². The molecule has 1 aromatic heterocycles. The van der Waals surface area contributed by atoms with Crippen LogP contribution < -0.4 is 11.2 Å². The van der Waals surface area contributed by atoms with Crippen LogP contribution in [0.2, 0.25) is 0 Å². The average molecular weight is 296 g/mol. The summed E-state index contributed by atoms with van der Waals surface area (Å²) in [5.41, 5.74) is -3.47. The van der Waals surface area contributed by atoms with Gasteiger partial charge in [-0.15, -0.1) is 5.92 Å². The van der Waals surface area contributed by atoms with Gasteiger partial charge < -0.3 is 20.1 Å². The number of ether oxygens (including phenoxy) is 1. The molecule has 0 aromatic carbocycles. The highest BCUT2D eigenvalue weighted by Gasteiger charge is 2.55. The molecule has 1 aliphatic rings. The Morgan fingerprint density at radius 3 is 2.81 bits per heavy atom. The van der Waals surface area contributed by atoms with Crippen LogP contribution in [0.3, 0.4) is 0 Å². The van der Waals surface area contributed by atoms with E-state index in [1.54, 1.807) is 6.92 Å². The minimum atomic E-state index is -2.06. The van der Waals surface area contributed by atoms with Gasteiger partial charge in [-0.1, -0.05) is 12.8 Å². The molecule has 1 fully saturated rings. The molecule has 0 unspecified atom stereocenters. The lowest BCUT2D eigenvalue weighted by molar-refractivity contribution is -0.0765. The quantitative estimate of drug-likeness (QED) is 0.465. The molecule has 0 aliphatic carbocycles. The standard InChI is InChI=1S/C13H16N2O6/c1-2-3-5-13(20)10(18)8(7-16)21-11(13)15-6-4-9(17)14-12(15)19/h4,6,8,10-11,16,18,20H,2,7H2,1H3,(H,14,17,19)/t8-,10-,11-,13-/m1/s1. The Labute approximate surface area is 119 Å². The number of rotatable bonds is 2. The Balaban J connectivity index is 2.53. The van der Waals surface area contributed by atoms with Crippen LogP contribution in [-0.2, 0) is 4.74 Å². The first kappa shape index (κ1) is 15.5. The van der Waals surface area contributed by atoms with E-state index in [1.165, 1.54) is 0 Å². The molecule has 0 amide bonds. The monoisotopic (exact) mass is 296 g/mol. The molecule has 2 heterocycles. The van der Waals surface area contributed by atoms with Crippen molar-refractivity contribution in [1.29, 1.82) is 0 Å². The van der Waals surface area contributed by atoms with Gasteiger partial charge in [0.25, 0.3) is 5.56 Å². The van der Waals surface area contributed by atoms with Crippen molar-refractivity contribution in [2.45, 2.75) is 37.4 Å². The lowest BCUT2D eigenvalue weighted by atomic mass is 9.94. The third-order valence-corrected chi connectivity index (χ3v) is 3.23. The van der Waals surface area contributed by atoms with Crippen molar-refractivity contribution in [1.82, 2.24) is 9.55 Å². The number of hydrogen-bond donors (Lipinski definition) is 4. The molecule has 8 heteroatoms. The fraction of sp³-hybridized carbons (Fsp3) is 0.538. The zero-order valence-corrected chi connectivity index (χ0v) is 11.3. The molecule has 4 N–H and O–H groups in total. The van der Waals surface area contributed by atoms with E-state index in [1.807, 2.05) is 4.98 Å². The largest absolute Gasteiger partial charge is 0.394 e. The van der Waals surface area contributed by atoms with Crippen LogP contribution in [0.1, 0.15) is 19.6 Å². The summed E-state index contributed by atoms with van der Waals surface area (Å²) in [6.07, 6.45) is -2.37. The van der Waals surface area contributed by atoms with E-state index in [0.717, 1.165) is 16.8 Å². The van der Waals surface area contributed by atoms with Crippen LogP contribution in [-0.4, -0.2) is 49.3 Å². The van der Waals surface area contributed by atoms with Crippen molar-refractivity contribution in [2.75, 3.05) is 6.61 Å². The maximum atomic E-state index is 11.8. The van der Waals surface area contributed by atoms with Crippen LogP contribution in [0.15, 0.2) is 21.9 Å². The average Bonchev–Trinajstić information content (AvgIpc) is 2.70. The predicted molar refractivity (Wildman–Crippen MR) is 71.3 cm³/mol. The summed E-state index contributed by atoms with van der Waals surface area (Å²) in [6, 6.07) is 1.08. The minimum Gasteiger partial charge on any atom is -0.394 e. The highest BCUT2D eigenvalue weighted by molar-refractivity contribution is 5.22. The van der Waals surface area contributed by atoms with Crippen molar-refractivity contribution in [2.24, 2.45) is 0 Å². The predicted octanol–water partition coefficient (Wildman–Crippen LogP) is -2.07. The number of hydrogen-bond acceptors (Lipinski definition) is 6. The van der Waals surface area contributed by atoms with Crippen LogP contribution in [0.4, 0.5) is 0 Å². The molecular formula is C13H16N2O6. The zero-order valence-electron chi connectivity index (χ0n) is 11.3. The molecule has 1 aromatic rings. The van der Waals surface area contributed by atoms with Crippen molar-refractivity contribution < 1.29 is 20.1 Å². The number of aliphatic hydroxyl groups excluding tert-OH is 2. The first-order valence-corrected chi connectivity index (χ1v) is 6.42. The maximum Gasteiger partial charge on any atom is 0.330 e. The van der Waals surface area contributed by atoms with E-state index in [4.69, 9.17) is 4.74 Å². The van der Waals surface area contributed by atoms with Gasteiger partial charge in [-0.25, -0.2) is 4.79 Å². The molecule has 114 valence electrons. The van der Waals surface area contributed by atoms with E-state index < -0.39 is 41.9 Å². The van der Waals surface area contributed by atoms with Crippen LogP contribution in [0.5, 0.6) is 0 Å². The van der Waals surface area contributed by atoms with Gasteiger partial charge in [0, 0.05) is 18.7 Å². The third kappa shape index (κ3) is 2.64. The van der Waals surface area contributed by atoms with E-state index in [2.05, 4.69) is 11.8 Å². The summed E-state index contributed by atoms with van der Waals surface area (Å²) in [5.74, 6) is 5.11. The SMILES string of the molecule is CCC#C[C@@]1(O)[C@H](O)[C@@H](CO)O[C@H]1n1ccc(=O)[nH]c1=O. The topological polar surface area (TPSA) is 125 Å². The second-order valence-electron chi connectivity index (χ2n) is 4.65. The molecule has 0 bridgehead atoms. The fourth-order valence-corrected chi connectivity index (χ4v) is 2.17. The summed E-state index contributed by atoms with van der Waals surface area (Å²) < 4.78 is 6.25. The highest BCUT2D eigenvalue weighted by Crippen LogP contribution is 2.37. The first-order chi connectivity index (χ1) is 9.93. The van der Waals surface area contributed by atoms with Gasteiger partial charge in [0.05, 0.1) is 6.61 Å². The first-order valence-electron chi connectivity index (χ1n) is 6.42. The van der Waals surface area contributed by atoms with Crippen LogP contribution in [0.25, 0.3) is 0 Å². The van der Waals surface area contributed by atoms with Gasteiger partial charge in [0.1, 0.15) is 12.2 Å². The molecule has 1 aliphatic heterocycles. The summed E-state index contributed by atoms with van der Waals surface area (Å²) >= 11 is 0. The lowest BCUT2D eigenvalue weighted by Gasteiger charge is -2.26. The minimum absolute atomic E-state index is 0.423. The lowest BCUT2D eigenvalue weighted by Crippen LogP contribution is -2.48. The molecular weight excluding hydrogens is 280 g/mol. The normalized spacial score (nSPS) is 31.7. The van der Waals surface area contributed by atoms with E-state index in [9.17, 15) is 24.9 Å². The Kier molecular flexibility index (Phi) is 4.29. The number of aromatic amines is 1. The second-order valence-corrected chi connectivity index (χ2v) is 4.65. The van der Waals surface area contributed by atoms with E-state index >= 15 is 0 Å². The number of H-pyrrole nitrogens is 1. The van der Waals surface area contributed by atoms with Gasteiger partial charge in [0.15, 0.2) is 11.8 Å². The Morgan fingerprint density at radius 1 is 1.52 bits per heavy atom. The van der Waals surface area contributed by atoms with E-state index in [-0.39, 0.29) is 0 Å². The summed E-state index contributed by atoms with van der Waals surface area (Å²) in [7, 11) is 0. The smallest absolute Gasteiger partial charge is 0.330 e. The van der Waals surface area contributed by atoms with Crippen LogP contribution in [0, 0.1) is 11.8 Å². The zero-order chi connectivity index (χ0) is 15.6. The van der Waals surface area contributed by atoms with Crippen LogP contribution >= 0.6 is 0 Å². The number of aromatic nitrogens is 2. The molecule has 4 atom stereocenters. The third-order valence-electron chi connectivity index (χ3n) is 3.23. The number of aliphatic hydroxyl groups is 3.